The lowest BCUT2D eigenvalue weighted by atomic mass is 10.3. The number of hydrogen-bond donors (Lipinski definition) is 1. The molecule has 0 aliphatic heterocycles. The Morgan fingerprint density at radius 1 is 1.32 bits per heavy atom. The molecule has 0 aliphatic carbocycles. The van der Waals surface area contributed by atoms with E-state index in [2.05, 4.69) is 4.98 Å². The van der Waals surface area contributed by atoms with Gasteiger partial charge in [0.2, 0.25) is 5.95 Å². The van der Waals surface area contributed by atoms with Crippen LogP contribution in [0.5, 0.6) is 5.75 Å². The van der Waals surface area contributed by atoms with Crippen molar-refractivity contribution >= 4 is 17.0 Å². The van der Waals surface area contributed by atoms with E-state index in [1.54, 1.807) is 21.3 Å². The van der Waals surface area contributed by atoms with Crippen molar-refractivity contribution in [3.8, 4) is 5.75 Å². The molecule has 0 amide bonds. The van der Waals surface area contributed by atoms with Crippen molar-refractivity contribution < 1.29 is 14.2 Å². The van der Waals surface area contributed by atoms with Gasteiger partial charge in [-0.05, 0) is 12.1 Å². The van der Waals surface area contributed by atoms with Gasteiger partial charge < -0.3 is 24.5 Å². The summed E-state index contributed by atoms with van der Waals surface area (Å²) in [7, 11) is 4.93. The Morgan fingerprint density at radius 3 is 2.74 bits per heavy atom. The van der Waals surface area contributed by atoms with E-state index in [0.29, 0.717) is 19.1 Å². The number of rotatable bonds is 6. The number of benzene rings is 1. The first-order chi connectivity index (χ1) is 9.19. The minimum Gasteiger partial charge on any atom is -0.497 e. The number of ether oxygens (including phenoxy) is 3. The SMILES string of the molecule is COCC(Cn1c(N)nc2cc(OC)ccc21)OC. The van der Waals surface area contributed by atoms with Crippen molar-refractivity contribution in [3.63, 3.8) is 0 Å². The normalized spacial score (nSPS) is 12.8. The molecule has 2 aromatic rings. The first-order valence-corrected chi connectivity index (χ1v) is 6.01. The number of aromatic nitrogens is 2. The van der Waals surface area contributed by atoms with Crippen LogP contribution in [0.25, 0.3) is 11.0 Å². The van der Waals surface area contributed by atoms with Crippen molar-refractivity contribution in [2.45, 2.75) is 12.6 Å². The topological polar surface area (TPSA) is 71.5 Å². The van der Waals surface area contributed by atoms with E-state index in [9.17, 15) is 0 Å². The molecule has 0 saturated heterocycles. The van der Waals surface area contributed by atoms with E-state index in [0.717, 1.165) is 16.8 Å². The Morgan fingerprint density at radius 2 is 2.11 bits per heavy atom. The molecule has 0 fully saturated rings. The molecule has 0 bridgehead atoms. The zero-order chi connectivity index (χ0) is 13.8. The third-order valence-electron chi connectivity index (χ3n) is 3.06. The molecule has 1 aromatic carbocycles. The molecule has 6 nitrogen and oxygen atoms in total. The fourth-order valence-electron chi connectivity index (χ4n) is 2.03. The summed E-state index contributed by atoms with van der Waals surface area (Å²) in [5.74, 6) is 1.22. The van der Waals surface area contributed by atoms with Gasteiger partial charge in [-0.2, -0.15) is 0 Å². The summed E-state index contributed by atoms with van der Waals surface area (Å²) in [6.07, 6.45) is -0.0631. The molecule has 1 atom stereocenters. The molecule has 0 aliphatic rings. The van der Waals surface area contributed by atoms with Crippen LogP contribution >= 0.6 is 0 Å². The van der Waals surface area contributed by atoms with Crippen LogP contribution in [0.3, 0.4) is 0 Å². The molecular formula is C13H19N3O3. The van der Waals surface area contributed by atoms with Crippen LogP contribution in [0, 0.1) is 0 Å². The first kappa shape index (κ1) is 13.6. The number of nitrogen functional groups attached to an aromatic ring is 1. The maximum absolute atomic E-state index is 5.96. The van der Waals surface area contributed by atoms with Gasteiger partial charge in [0.05, 0.1) is 37.4 Å². The molecule has 2 rings (SSSR count). The molecule has 0 radical (unpaired) electrons. The van der Waals surface area contributed by atoms with Gasteiger partial charge in [-0.25, -0.2) is 4.98 Å². The summed E-state index contributed by atoms with van der Waals surface area (Å²) in [6, 6.07) is 5.69. The van der Waals surface area contributed by atoms with Crippen LogP contribution in [0.1, 0.15) is 0 Å². The zero-order valence-electron chi connectivity index (χ0n) is 11.4. The van der Waals surface area contributed by atoms with Gasteiger partial charge in [-0.1, -0.05) is 0 Å². The molecule has 2 N–H and O–H groups in total. The van der Waals surface area contributed by atoms with Crippen LogP contribution < -0.4 is 10.5 Å². The van der Waals surface area contributed by atoms with E-state index in [1.165, 1.54) is 0 Å². The Balaban J connectivity index is 2.34. The fraction of sp³-hybridized carbons (Fsp3) is 0.462. The summed E-state index contributed by atoms with van der Waals surface area (Å²) < 4.78 is 17.6. The van der Waals surface area contributed by atoms with Crippen molar-refractivity contribution in [2.75, 3.05) is 33.7 Å². The predicted molar refractivity (Wildman–Crippen MR) is 73.4 cm³/mol. The Bertz CT molecular complexity index is 553. The summed E-state index contributed by atoms with van der Waals surface area (Å²) in [4.78, 5) is 4.33. The van der Waals surface area contributed by atoms with E-state index in [4.69, 9.17) is 19.9 Å². The van der Waals surface area contributed by atoms with Crippen molar-refractivity contribution in [2.24, 2.45) is 0 Å². The van der Waals surface area contributed by atoms with Crippen molar-refractivity contribution in [1.29, 1.82) is 0 Å². The quantitative estimate of drug-likeness (QED) is 0.852. The van der Waals surface area contributed by atoms with Crippen LogP contribution in [0.15, 0.2) is 18.2 Å². The Labute approximate surface area is 112 Å². The van der Waals surface area contributed by atoms with Crippen LogP contribution in [0.4, 0.5) is 5.95 Å². The highest BCUT2D eigenvalue weighted by molar-refractivity contribution is 5.79. The second-order valence-electron chi connectivity index (χ2n) is 4.25. The smallest absolute Gasteiger partial charge is 0.201 e. The first-order valence-electron chi connectivity index (χ1n) is 6.01. The average Bonchev–Trinajstić information content (AvgIpc) is 2.73. The highest BCUT2D eigenvalue weighted by atomic mass is 16.5. The molecule has 1 unspecified atom stereocenters. The van der Waals surface area contributed by atoms with E-state index < -0.39 is 0 Å². The fourth-order valence-corrected chi connectivity index (χ4v) is 2.03. The molecule has 1 heterocycles. The summed E-state index contributed by atoms with van der Waals surface area (Å²) in [5, 5.41) is 0. The lowest BCUT2D eigenvalue weighted by Gasteiger charge is -2.16. The standard InChI is InChI=1S/C13H19N3O3/c1-17-8-10(19-3)7-16-12-5-4-9(18-2)6-11(12)15-13(16)14/h4-6,10H,7-8H2,1-3H3,(H2,14,15). The monoisotopic (exact) mass is 265 g/mol. The van der Waals surface area contributed by atoms with Gasteiger partial charge in [0, 0.05) is 20.3 Å². The highest BCUT2D eigenvalue weighted by Gasteiger charge is 2.14. The maximum Gasteiger partial charge on any atom is 0.201 e. The Kier molecular flexibility index (Phi) is 4.24. The van der Waals surface area contributed by atoms with Gasteiger partial charge in [-0.15, -0.1) is 0 Å². The molecule has 0 saturated carbocycles. The molecule has 104 valence electrons. The highest BCUT2D eigenvalue weighted by Crippen LogP contribution is 2.23. The van der Waals surface area contributed by atoms with E-state index in [1.807, 2.05) is 22.8 Å². The number of methoxy groups -OCH3 is 3. The van der Waals surface area contributed by atoms with Crippen LogP contribution in [-0.2, 0) is 16.0 Å². The molecule has 19 heavy (non-hydrogen) atoms. The summed E-state index contributed by atoms with van der Waals surface area (Å²) >= 11 is 0. The molecule has 1 aromatic heterocycles. The molecule has 6 heteroatoms. The van der Waals surface area contributed by atoms with Gasteiger partial charge in [0.1, 0.15) is 5.75 Å². The van der Waals surface area contributed by atoms with Crippen molar-refractivity contribution in [3.05, 3.63) is 18.2 Å². The predicted octanol–water partition coefficient (Wildman–Crippen LogP) is 1.29. The minimum absolute atomic E-state index is 0.0631. The molecular weight excluding hydrogens is 246 g/mol. The van der Waals surface area contributed by atoms with Gasteiger partial charge in [0.15, 0.2) is 0 Å². The second-order valence-corrected chi connectivity index (χ2v) is 4.25. The number of nitrogens with zero attached hydrogens (tertiary/aromatic N) is 2. The largest absolute Gasteiger partial charge is 0.497 e. The van der Waals surface area contributed by atoms with Crippen molar-refractivity contribution in [1.82, 2.24) is 9.55 Å². The number of hydrogen-bond acceptors (Lipinski definition) is 5. The van der Waals surface area contributed by atoms with Gasteiger partial charge >= 0.3 is 0 Å². The summed E-state index contributed by atoms with van der Waals surface area (Å²) in [5.41, 5.74) is 7.72. The number of anilines is 1. The maximum atomic E-state index is 5.96. The third-order valence-corrected chi connectivity index (χ3v) is 3.06. The van der Waals surface area contributed by atoms with E-state index in [-0.39, 0.29) is 6.10 Å². The van der Waals surface area contributed by atoms with E-state index >= 15 is 0 Å². The summed E-state index contributed by atoms with van der Waals surface area (Å²) in [6.45, 7) is 1.10. The number of nitrogens with two attached hydrogens (primary N) is 1. The van der Waals surface area contributed by atoms with Crippen LogP contribution in [-0.4, -0.2) is 43.6 Å². The minimum atomic E-state index is -0.0631. The average molecular weight is 265 g/mol. The zero-order valence-corrected chi connectivity index (χ0v) is 11.4. The lowest BCUT2D eigenvalue weighted by Crippen LogP contribution is -2.24. The molecule has 0 spiro atoms. The van der Waals surface area contributed by atoms with Gasteiger partial charge in [0.25, 0.3) is 0 Å². The number of fused-ring (bicyclic) bond motifs is 1. The lowest BCUT2D eigenvalue weighted by molar-refractivity contribution is 0.0193. The Hall–Kier alpha value is -1.79. The van der Waals surface area contributed by atoms with Gasteiger partial charge in [-0.3, -0.25) is 0 Å². The third kappa shape index (κ3) is 2.80. The second kappa shape index (κ2) is 5.90. The van der Waals surface area contributed by atoms with Crippen LogP contribution in [0.2, 0.25) is 0 Å². The number of imidazole rings is 1.